The number of hydrogen-bond donors (Lipinski definition) is 2. The normalized spacial score (nSPS) is 19.9. The summed E-state index contributed by atoms with van der Waals surface area (Å²) in [5.74, 6) is 1.94. The highest BCUT2D eigenvalue weighted by atomic mass is 127. The third kappa shape index (κ3) is 6.95. The lowest BCUT2D eigenvalue weighted by Gasteiger charge is -2.31. The van der Waals surface area contributed by atoms with E-state index < -0.39 is 6.10 Å². The lowest BCUT2D eigenvalue weighted by atomic mass is 10.0. The van der Waals surface area contributed by atoms with Crippen LogP contribution in [0.1, 0.15) is 25.3 Å². The van der Waals surface area contributed by atoms with Gasteiger partial charge in [-0.1, -0.05) is 19.1 Å². The summed E-state index contributed by atoms with van der Waals surface area (Å²) < 4.78 is 5.57. The van der Waals surface area contributed by atoms with Gasteiger partial charge in [-0.25, -0.2) is 0 Å². The Hall–Kier alpha value is -1.02. The number of aliphatic hydroxyl groups excluding tert-OH is 1. The number of guanidine groups is 1. The van der Waals surface area contributed by atoms with Crippen LogP contribution in [-0.4, -0.2) is 48.3 Å². The smallest absolute Gasteiger partial charge is 0.191 e. The summed E-state index contributed by atoms with van der Waals surface area (Å²) in [6.07, 6.45) is 1.74. The van der Waals surface area contributed by atoms with Crippen LogP contribution in [0.15, 0.2) is 29.3 Å². The van der Waals surface area contributed by atoms with Gasteiger partial charge in [-0.3, -0.25) is 4.99 Å². The molecule has 1 saturated heterocycles. The predicted octanol–water partition coefficient (Wildman–Crippen LogP) is 2.40. The molecule has 0 spiro atoms. The molecule has 1 aliphatic heterocycles. The van der Waals surface area contributed by atoms with E-state index in [1.165, 1.54) is 6.42 Å². The molecule has 1 aromatic rings. The van der Waals surface area contributed by atoms with E-state index in [1.807, 2.05) is 31.2 Å². The van der Waals surface area contributed by atoms with E-state index in [9.17, 15) is 5.11 Å². The molecule has 3 N–H and O–H groups in total. The highest BCUT2D eigenvalue weighted by Gasteiger charge is 2.17. The summed E-state index contributed by atoms with van der Waals surface area (Å²) in [4.78, 5) is 6.40. The maximum atomic E-state index is 9.97. The molecule has 1 aliphatic rings. The first-order valence-electron chi connectivity index (χ1n) is 7.97. The van der Waals surface area contributed by atoms with Gasteiger partial charge in [-0.05, 0) is 43.4 Å². The maximum absolute atomic E-state index is 9.97. The van der Waals surface area contributed by atoms with Gasteiger partial charge in [0.1, 0.15) is 18.5 Å². The minimum atomic E-state index is -0.652. The zero-order valence-corrected chi connectivity index (χ0v) is 16.3. The van der Waals surface area contributed by atoms with Gasteiger partial charge in [0.15, 0.2) is 5.96 Å². The molecule has 1 fully saturated rings. The Balaban J connectivity index is 0.00000264. The molecule has 6 heteroatoms. The Labute approximate surface area is 155 Å². The number of rotatable bonds is 5. The van der Waals surface area contributed by atoms with Gasteiger partial charge in [0.2, 0.25) is 0 Å². The van der Waals surface area contributed by atoms with Crippen molar-refractivity contribution in [3.63, 3.8) is 0 Å². The minimum absolute atomic E-state index is 0. The highest BCUT2D eigenvalue weighted by Crippen LogP contribution is 2.15. The number of benzene rings is 1. The average Bonchev–Trinajstić information content (AvgIpc) is 2.50. The van der Waals surface area contributed by atoms with Crippen molar-refractivity contribution in [1.82, 2.24) is 4.90 Å². The number of nitrogens with two attached hydrogens (primary N) is 1. The molecule has 130 valence electrons. The Morgan fingerprint density at radius 3 is 3.00 bits per heavy atom. The topological polar surface area (TPSA) is 71.1 Å². The zero-order chi connectivity index (χ0) is 15.9. The Kier molecular flexibility index (Phi) is 8.68. The number of hydrogen-bond acceptors (Lipinski definition) is 3. The molecule has 2 rings (SSSR count). The molecule has 1 aromatic carbocycles. The van der Waals surface area contributed by atoms with Crippen LogP contribution in [0.5, 0.6) is 5.75 Å². The summed E-state index contributed by atoms with van der Waals surface area (Å²) in [6, 6.07) is 7.77. The highest BCUT2D eigenvalue weighted by molar-refractivity contribution is 14.0. The van der Waals surface area contributed by atoms with Crippen molar-refractivity contribution in [1.29, 1.82) is 0 Å². The second-order valence-electron chi connectivity index (χ2n) is 6.17. The minimum Gasteiger partial charge on any atom is -0.491 e. The largest absolute Gasteiger partial charge is 0.491 e. The number of likely N-dealkylation sites (tertiary alicyclic amines) is 1. The Morgan fingerprint density at radius 2 is 2.30 bits per heavy atom. The van der Waals surface area contributed by atoms with Gasteiger partial charge in [0.05, 0.1) is 6.54 Å². The maximum Gasteiger partial charge on any atom is 0.191 e. The van der Waals surface area contributed by atoms with E-state index in [2.05, 4.69) is 16.8 Å². The van der Waals surface area contributed by atoms with Crippen LogP contribution < -0.4 is 10.5 Å². The van der Waals surface area contributed by atoms with Crippen LogP contribution in [0.4, 0.5) is 0 Å². The molecule has 23 heavy (non-hydrogen) atoms. The lowest BCUT2D eigenvalue weighted by molar-refractivity contribution is 0.114. The van der Waals surface area contributed by atoms with Crippen LogP contribution in [0.3, 0.4) is 0 Å². The van der Waals surface area contributed by atoms with Crippen molar-refractivity contribution >= 4 is 29.9 Å². The van der Waals surface area contributed by atoms with Crippen molar-refractivity contribution in [3.05, 3.63) is 29.8 Å². The predicted molar refractivity (Wildman–Crippen MR) is 105 cm³/mol. The molecule has 0 aromatic heterocycles. The van der Waals surface area contributed by atoms with Crippen molar-refractivity contribution in [3.8, 4) is 5.75 Å². The SMILES string of the molecule is Cc1cccc(OCC(O)CN=C(N)N2CCCC(C)C2)c1.I. The Bertz CT molecular complexity index is 510. The summed E-state index contributed by atoms with van der Waals surface area (Å²) in [6.45, 7) is 6.62. The number of aliphatic imine (C=N–C) groups is 1. The van der Waals surface area contributed by atoms with Gasteiger partial charge in [0, 0.05) is 13.1 Å². The van der Waals surface area contributed by atoms with E-state index in [0.717, 1.165) is 30.8 Å². The van der Waals surface area contributed by atoms with E-state index in [4.69, 9.17) is 10.5 Å². The van der Waals surface area contributed by atoms with Gasteiger partial charge in [-0.15, -0.1) is 24.0 Å². The molecule has 5 nitrogen and oxygen atoms in total. The van der Waals surface area contributed by atoms with Crippen molar-refractivity contribution in [2.45, 2.75) is 32.8 Å². The number of nitrogens with zero attached hydrogens (tertiary/aromatic N) is 2. The molecule has 0 amide bonds. The molecule has 0 saturated carbocycles. The van der Waals surface area contributed by atoms with Gasteiger partial charge in [-0.2, -0.15) is 0 Å². The third-order valence-electron chi connectivity index (χ3n) is 3.88. The standard InChI is InChI=1S/C17H27N3O2.HI/c1-13-5-3-7-16(9-13)22-12-15(21)10-19-17(18)20-8-4-6-14(2)11-20;/h3,5,7,9,14-15,21H,4,6,8,10-12H2,1-2H3,(H2,18,19);1H. The lowest BCUT2D eigenvalue weighted by Crippen LogP contribution is -2.44. The van der Waals surface area contributed by atoms with Gasteiger partial charge in [0.25, 0.3) is 0 Å². The number of ether oxygens (including phenoxy) is 1. The fraction of sp³-hybridized carbons (Fsp3) is 0.588. The second kappa shape index (κ2) is 9.97. The van der Waals surface area contributed by atoms with E-state index in [-0.39, 0.29) is 37.1 Å². The van der Waals surface area contributed by atoms with Crippen LogP contribution in [0, 0.1) is 12.8 Å². The average molecular weight is 433 g/mol. The third-order valence-corrected chi connectivity index (χ3v) is 3.88. The van der Waals surface area contributed by atoms with Crippen LogP contribution in [0.2, 0.25) is 0 Å². The summed E-state index contributed by atoms with van der Waals surface area (Å²) in [5, 5.41) is 9.97. The molecular weight excluding hydrogens is 405 g/mol. The quantitative estimate of drug-likeness (QED) is 0.425. The number of aryl methyl sites for hydroxylation is 1. The monoisotopic (exact) mass is 433 g/mol. The molecule has 0 radical (unpaired) electrons. The first-order valence-corrected chi connectivity index (χ1v) is 7.97. The van der Waals surface area contributed by atoms with Gasteiger partial charge < -0.3 is 20.5 Å². The number of aliphatic hydroxyl groups is 1. The van der Waals surface area contributed by atoms with Crippen molar-refractivity contribution in [2.24, 2.45) is 16.6 Å². The van der Waals surface area contributed by atoms with Crippen molar-refractivity contribution in [2.75, 3.05) is 26.2 Å². The molecular formula is C17H28IN3O2. The fourth-order valence-corrected chi connectivity index (χ4v) is 2.65. The van der Waals surface area contributed by atoms with Crippen molar-refractivity contribution < 1.29 is 9.84 Å². The summed E-state index contributed by atoms with van der Waals surface area (Å²) in [5.41, 5.74) is 7.14. The second-order valence-corrected chi connectivity index (χ2v) is 6.17. The Morgan fingerprint density at radius 1 is 1.52 bits per heavy atom. The molecule has 2 unspecified atom stereocenters. The van der Waals surface area contributed by atoms with E-state index in [1.54, 1.807) is 0 Å². The summed E-state index contributed by atoms with van der Waals surface area (Å²) in [7, 11) is 0. The molecule has 2 atom stereocenters. The molecule has 0 bridgehead atoms. The molecule has 1 heterocycles. The number of piperidine rings is 1. The van der Waals surface area contributed by atoms with Crippen LogP contribution in [-0.2, 0) is 0 Å². The first-order chi connectivity index (χ1) is 10.5. The van der Waals surface area contributed by atoms with Crippen LogP contribution >= 0.6 is 24.0 Å². The first kappa shape index (κ1) is 20.0. The fourth-order valence-electron chi connectivity index (χ4n) is 2.65. The molecule has 0 aliphatic carbocycles. The van der Waals surface area contributed by atoms with Crippen LogP contribution in [0.25, 0.3) is 0 Å². The van der Waals surface area contributed by atoms with E-state index >= 15 is 0 Å². The van der Waals surface area contributed by atoms with E-state index in [0.29, 0.717) is 11.9 Å². The zero-order valence-electron chi connectivity index (χ0n) is 13.9. The van der Waals surface area contributed by atoms with Gasteiger partial charge >= 0.3 is 0 Å². The summed E-state index contributed by atoms with van der Waals surface area (Å²) >= 11 is 0. The number of halogens is 1.